The first-order valence-corrected chi connectivity index (χ1v) is 19.6. The van der Waals surface area contributed by atoms with Crippen LogP contribution in [0.25, 0.3) is 0 Å². The molecule has 0 aliphatic carbocycles. The zero-order chi connectivity index (χ0) is 41.3. The van der Waals surface area contributed by atoms with Crippen LogP contribution >= 0.6 is 0 Å². The van der Waals surface area contributed by atoms with Crippen molar-refractivity contribution in [2.75, 3.05) is 26.9 Å². The van der Waals surface area contributed by atoms with Crippen LogP contribution < -0.4 is 0 Å². The van der Waals surface area contributed by atoms with Gasteiger partial charge in [0.05, 0.1) is 43.0 Å². The summed E-state index contributed by atoms with van der Waals surface area (Å²) in [6.07, 6.45) is 9.12. The molecule has 426 valence electrons. The third-order valence-electron chi connectivity index (χ3n) is 9.42. The van der Waals surface area contributed by atoms with Gasteiger partial charge in [-0.15, -0.1) is 0 Å². The van der Waals surface area contributed by atoms with Crippen LogP contribution in [-0.2, 0) is 33.4 Å². The lowest BCUT2D eigenvalue weighted by Crippen LogP contribution is -2.26. The number of hydrogen-bond acceptors (Lipinski definition) is 8. The Morgan fingerprint density at radius 3 is 1.21 bits per heavy atom. The number of benzene rings is 1. The van der Waals surface area contributed by atoms with E-state index in [0.29, 0.717) is 18.4 Å². The lowest BCUT2D eigenvalue weighted by Gasteiger charge is -2.19. The minimum absolute atomic E-state index is 0. The average molecular weight is 982 g/mol. The molecule has 0 fully saturated rings. The summed E-state index contributed by atoms with van der Waals surface area (Å²) in [6, 6.07) is 10.6. The lowest BCUT2D eigenvalue weighted by atomic mass is 9.91. The summed E-state index contributed by atoms with van der Waals surface area (Å²) in [6.45, 7) is 28.2. The summed E-state index contributed by atoms with van der Waals surface area (Å²) < 4.78 is 14.6. The first-order chi connectivity index (χ1) is 24.3. The summed E-state index contributed by atoms with van der Waals surface area (Å²) >= 11 is 0. The molecular weight excluding hydrogens is 841 g/mol. The fraction of sp³-hybridized carbons (Fsp3) is 0.828. The molecule has 9 heteroatoms. The lowest BCUT2D eigenvalue weighted by molar-refractivity contribution is -0.155. The van der Waals surface area contributed by atoms with E-state index < -0.39 is 11.4 Å². The number of unbranched alkanes of at least 4 members (excludes halogenated alkanes) is 1. The summed E-state index contributed by atoms with van der Waals surface area (Å²) in [5, 5.41) is 16.6. The van der Waals surface area contributed by atoms with E-state index in [9.17, 15) is 19.2 Å². The maximum Gasteiger partial charge on any atom is 0.311 e. The van der Waals surface area contributed by atoms with E-state index >= 15 is 0 Å². The van der Waals surface area contributed by atoms with Crippen molar-refractivity contribution in [3.8, 4) is 0 Å². The number of carboxylic acids is 1. The van der Waals surface area contributed by atoms with Crippen LogP contribution in [0.4, 0.5) is 0 Å². The smallest absolute Gasteiger partial charge is 0.311 e. The maximum absolute atomic E-state index is 11.4. The van der Waals surface area contributed by atoms with Gasteiger partial charge in [-0.25, -0.2) is 0 Å². The number of carbonyl (C=O) groups excluding carboxylic acids is 3. The number of carbonyl (C=O) groups is 4. The van der Waals surface area contributed by atoms with Gasteiger partial charge in [-0.2, -0.15) is 0 Å². The SMILES string of the molecule is C.C.C.C.C.C.C.C.C.C.C.C.C.C.C.CCC(C)(C)C(=O)OC.CCC(C)(C)C(=O)OCCO.CCC(C)C(=O)O.CCC(C)c1ccccc1.CCCCC(CC)COC(=O)C(C)CC. The number of carboxylic acid groups (broad SMARTS) is 1. The number of aliphatic carboxylic acids is 1. The van der Waals surface area contributed by atoms with Crippen molar-refractivity contribution in [1.82, 2.24) is 0 Å². The van der Waals surface area contributed by atoms with E-state index in [4.69, 9.17) is 19.7 Å². The Kier molecular flexibility index (Phi) is 145. The molecule has 67 heavy (non-hydrogen) atoms. The first kappa shape index (κ1) is 125. The average Bonchev–Trinajstić information content (AvgIpc) is 3.16. The fourth-order valence-electron chi connectivity index (χ4n) is 3.50. The zero-order valence-corrected chi connectivity index (χ0v) is 35.9. The second-order valence-corrected chi connectivity index (χ2v) is 14.5. The number of hydrogen-bond donors (Lipinski definition) is 2. The molecule has 0 bridgehead atoms. The van der Waals surface area contributed by atoms with Crippen molar-refractivity contribution in [3.05, 3.63) is 35.9 Å². The molecule has 0 radical (unpaired) electrons. The molecule has 0 aliphatic rings. The highest BCUT2D eigenvalue weighted by atomic mass is 16.5. The minimum Gasteiger partial charge on any atom is -0.481 e. The standard InChI is InChI=1S/C13H26O2.C10H14.C8H16O3.C7H14O2.C5H10O2.15CH4/c1-5-8-9-12(7-3)10-15-13(14)11(4)6-2;1-3-9(2)10-7-5-4-6-8-10;1-4-8(2,3)7(10)11-6-5-9;1-5-7(2,3)6(8)9-4;1-3-4(2)5(6)7;;;;;;;;;;;;;;;/h11-12H,5-10H2,1-4H3;4-9H,3H2,1-2H3;9H,4-6H2,1-3H3;5H2,1-4H3;4H,3H2,1-2H3,(H,6,7);15*1H4. The summed E-state index contributed by atoms with van der Waals surface area (Å²) in [5.41, 5.74) is 0.717. The summed E-state index contributed by atoms with van der Waals surface area (Å²) in [7, 11) is 1.42. The van der Waals surface area contributed by atoms with Crippen molar-refractivity contribution < 1.29 is 43.6 Å². The second-order valence-electron chi connectivity index (χ2n) is 14.5. The van der Waals surface area contributed by atoms with Crippen LogP contribution in [0.5, 0.6) is 0 Å². The minimum atomic E-state index is -0.706. The van der Waals surface area contributed by atoms with Crippen LogP contribution in [-0.4, -0.2) is 61.0 Å². The van der Waals surface area contributed by atoms with Gasteiger partial charge in [-0.05, 0) is 83.6 Å². The number of esters is 3. The van der Waals surface area contributed by atoms with Crippen LogP contribution in [0.15, 0.2) is 30.3 Å². The third kappa shape index (κ3) is 69.7. The van der Waals surface area contributed by atoms with Gasteiger partial charge in [0.1, 0.15) is 6.61 Å². The molecule has 0 saturated heterocycles. The van der Waals surface area contributed by atoms with E-state index in [1.54, 1.807) is 6.92 Å². The van der Waals surface area contributed by atoms with Crippen molar-refractivity contribution in [1.29, 1.82) is 0 Å². The normalized spacial score (nSPS) is 9.97. The summed E-state index contributed by atoms with van der Waals surface area (Å²) in [4.78, 5) is 43.3. The Morgan fingerprint density at radius 2 is 0.955 bits per heavy atom. The largest absolute Gasteiger partial charge is 0.481 e. The maximum atomic E-state index is 11.4. The molecule has 1 aromatic rings. The fourth-order valence-corrected chi connectivity index (χ4v) is 3.50. The number of aliphatic hydroxyl groups is 1. The van der Waals surface area contributed by atoms with Crippen LogP contribution in [0.1, 0.15) is 278 Å². The summed E-state index contributed by atoms with van der Waals surface area (Å²) in [5.74, 6) is 0.0156. The monoisotopic (exact) mass is 981 g/mol. The second kappa shape index (κ2) is 77.3. The van der Waals surface area contributed by atoms with Crippen molar-refractivity contribution in [2.45, 2.75) is 272 Å². The molecule has 0 aromatic heterocycles. The molecule has 0 amide bonds. The van der Waals surface area contributed by atoms with E-state index in [0.717, 1.165) is 32.1 Å². The highest BCUT2D eigenvalue weighted by Gasteiger charge is 2.27. The van der Waals surface area contributed by atoms with Crippen molar-refractivity contribution in [3.63, 3.8) is 0 Å². The van der Waals surface area contributed by atoms with Crippen molar-refractivity contribution >= 4 is 23.9 Å². The Labute approximate surface area is 429 Å². The molecule has 0 heterocycles. The predicted molar refractivity (Wildman–Crippen MR) is 315 cm³/mol. The predicted octanol–water partition coefficient (Wildman–Crippen LogP) is 20.2. The third-order valence-corrected chi connectivity index (χ3v) is 9.42. The van der Waals surface area contributed by atoms with Gasteiger partial charge >= 0.3 is 23.9 Å². The molecule has 0 saturated carbocycles. The molecule has 4 atom stereocenters. The molecule has 2 N–H and O–H groups in total. The van der Waals surface area contributed by atoms with Crippen LogP contribution in [0.3, 0.4) is 0 Å². The van der Waals surface area contributed by atoms with Crippen LogP contribution in [0, 0.1) is 28.6 Å². The van der Waals surface area contributed by atoms with Gasteiger partial charge < -0.3 is 24.4 Å². The highest BCUT2D eigenvalue weighted by Crippen LogP contribution is 2.22. The number of aliphatic hydroxyl groups excluding tert-OH is 1. The molecule has 9 nitrogen and oxygen atoms in total. The quantitative estimate of drug-likeness (QED) is 0.109. The number of methoxy groups -OCH3 is 1. The van der Waals surface area contributed by atoms with Gasteiger partial charge in [0.15, 0.2) is 0 Å². The zero-order valence-electron chi connectivity index (χ0n) is 35.9. The van der Waals surface area contributed by atoms with Crippen LogP contribution in [0.2, 0.25) is 0 Å². The van der Waals surface area contributed by atoms with E-state index in [2.05, 4.69) is 62.8 Å². The van der Waals surface area contributed by atoms with E-state index in [-0.39, 0.29) is 160 Å². The van der Waals surface area contributed by atoms with E-state index in [1.165, 1.54) is 38.4 Å². The number of ether oxygens (including phenoxy) is 3. The number of rotatable bonds is 18. The molecule has 0 aliphatic heterocycles. The molecule has 1 aromatic carbocycles. The molecule has 1 rings (SSSR count). The molecule has 4 unspecified atom stereocenters. The Morgan fingerprint density at radius 1 is 0.567 bits per heavy atom. The Balaban J connectivity index is -0.0000000243. The van der Waals surface area contributed by atoms with Gasteiger partial charge in [-0.1, -0.05) is 230 Å². The van der Waals surface area contributed by atoms with Gasteiger partial charge in [0, 0.05) is 0 Å². The van der Waals surface area contributed by atoms with Crippen molar-refractivity contribution in [2.24, 2.45) is 28.6 Å². The first-order valence-electron chi connectivity index (χ1n) is 19.6. The molecular formula is C58H140O9. The molecule has 0 spiro atoms. The Bertz CT molecular complexity index is 1020. The van der Waals surface area contributed by atoms with E-state index in [1.807, 2.05) is 62.3 Å². The van der Waals surface area contributed by atoms with Gasteiger partial charge in [-0.3, -0.25) is 19.2 Å². The Hall–Kier alpha value is -2.94. The highest BCUT2D eigenvalue weighted by molar-refractivity contribution is 5.76. The van der Waals surface area contributed by atoms with Gasteiger partial charge in [0.25, 0.3) is 0 Å². The topological polar surface area (TPSA) is 136 Å². The van der Waals surface area contributed by atoms with Gasteiger partial charge in [0.2, 0.25) is 0 Å².